The molecule has 0 rings (SSSR count). The molecule has 0 saturated carbocycles. The maximum atomic E-state index is 11.3. The van der Waals surface area contributed by atoms with E-state index in [-0.39, 0.29) is 12.3 Å². The van der Waals surface area contributed by atoms with Gasteiger partial charge in [-0.05, 0) is 27.4 Å². The van der Waals surface area contributed by atoms with Gasteiger partial charge in [-0.1, -0.05) is 6.92 Å². The van der Waals surface area contributed by atoms with Crippen LogP contribution in [0.15, 0.2) is 0 Å². The molecule has 0 saturated heterocycles. The molecule has 1 unspecified atom stereocenters. The smallest absolute Gasteiger partial charge is 0.211 e. The van der Waals surface area contributed by atoms with E-state index in [0.29, 0.717) is 13.0 Å². The van der Waals surface area contributed by atoms with Crippen molar-refractivity contribution in [2.45, 2.75) is 25.9 Å². The quantitative estimate of drug-likeness (QED) is 0.635. The molecule has 0 aliphatic carbocycles. The molecule has 15 heavy (non-hydrogen) atoms. The fourth-order valence-corrected chi connectivity index (χ4v) is 2.56. The van der Waals surface area contributed by atoms with Gasteiger partial charge in [0.1, 0.15) is 0 Å². The summed E-state index contributed by atoms with van der Waals surface area (Å²) in [6.45, 7) is 3.88. The summed E-state index contributed by atoms with van der Waals surface area (Å²) in [7, 11) is 0.428. The number of likely N-dealkylation sites (N-methyl/N-ethyl adjacent to an activating group) is 1. The second kappa shape index (κ2) is 5.79. The second-order valence-electron chi connectivity index (χ2n) is 4.37. The molecule has 0 amide bonds. The van der Waals surface area contributed by atoms with E-state index < -0.39 is 15.6 Å². The van der Waals surface area contributed by atoms with Gasteiger partial charge in [0.2, 0.25) is 10.0 Å². The Balaban J connectivity index is 4.14. The van der Waals surface area contributed by atoms with Crippen molar-refractivity contribution in [2.24, 2.45) is 0 Å². The minimum absolute atomic E-state index is 0.0491. The standard InChI is InChI=1S/C9H22N2O3S/c1-5-6-15(13,14)10-7-9(2,12)8-11(3)4/h10,12H,5-8H2,1-4H3. The van der Waals surface area contributed by atoms with Gasteiger partial charge in [0.15, 0.2) is 0 Å². The van der Waals surface area contributed by atoms with E-state index in [9.17, 15) is 13.5 Å². The van der Waals surface area contributed by atoms with Crippen LogP contribution in [0, 0.1) is 0 Å². The van der Waals surface area contributed by atoms with E-state index in [1.54, 1.807) is 13.8 Å². The van der Waals surface area contributed by atoms with Crippen molar-refractivity contribution in [1.82, 2.24) is 9.62 Å². The molecule has 0 heterocycles. The lowest BCUT2D eigenvalue weighted by Crippen LogP contribution is -2.47. The third-order valence-electron chi connectivity index (χ3n) is 1.80. The summed E-state index contributed by atoms with van der Waals surface area (Å²) in [5.41, 5.74) is -1.04. The molecule has 2 N–H and O–H groups in total. The molecular formula is C9H22N2O3S. The first-order chi connectivity index (χ1) is 6.68. The average molecular weight is 238 g/mol. The molecule has 0 aromatic heterocycles. The number of nitrogens with one attached hydrogen (secondary N) is 1. The summed E-state index contributed by atoms with van der Waals surface area (Å²) < 4.78 is 25.1. The molecule has 5 nitrogen and oxygen atoms in total. The van der Waals surface area contributed by atoms with E-state index in [2.05, 4.69) is 4.72 Å². The predicted octanol–water partition coefficient (Wildman–Crippen LogP) is -0.372. The van der Waals surface area contributed by atoms with Crippen LogP contribution in [0.2, 0.25) is 0 Å². The second-order valence-corrected chi connectivity index (χ2v) is 6.30. The molecular weight excluding hydrogens is 216 g/mol. The zero-order valence-electron chi connectivity index (χ0n) is 9.95. The molecule has 0 aromatic rings. The Morgan fingerprint density at radius 3 is 2.33 bits per heavy atom. The van der Waals surface area contributed by atoms with Crippen molar-refractivity contribution in [3.63, 3.8) is 0 Å². The summed E-state index contributed by atoms with van der Waals surface area (Å²) in [5, 5.41) is 9.85. The number of nitrogens with zero attached hydrogens (tertiary/aromatic N) is 1. The number of hydrogen-bond donors (Lipinski definition) is 2. The normalized spacial score (nSPS) is 16.7. The van der Waals surface area contributed by atoms with Gasteiger partial charge in [-0.3, -0.25) is 0 Å². The molecule has 6 heteroatoms. The van der Waals surface area contributed by atoms with Crippen LogP contribution in [0.25, 0.3) is 0 Å². The monoisotopic (exact) mass is 238 g/mol. The third-order valence-corrected chi connectivity index (χ3v) is 3.33. The Labute approximate surface area is 92.5 Å². The number of aliphatic hydroxyl groups is 1. The summed E-state index contributed by atoms with van der Waals surface area (Å²) in [6, 6.07) is 0. The van der Waals surface area contributed by atoms with Gasteiger partial charge in [0.05, 0.1) is 11.4 Å². The van der Waals surface area contributed by atoms with Crippen LogP contribution < -0.4 is 4.72 Å². The molecule has 0 bridgehead atoms. The number of hydrogen-bond acceptors (Lipinski definition) is 4. The van der Waals surface area contributed by atoms with Gasteiger partial charge in [0, 0.05) is 13.1 Å². The van der Waals surface area contributed by atoms with Crippen molar-refractivity contribution in [3.05, 3.63) is 0 Å². The van der Waals surface area contributed by atoms with E-state index in [1.165, 1.54) is 0 Å². The van der Waals surface area contributed by atoms with Gasteiger partial charge in [-0.25, -0.2) is 13.1 Å². The fraction of sp³-hybridized carbons (Fsp3) is 1.00. The Bertz CT molecular complexity index is 273. The molecule has 0 aromatic carbocycles. The van der Waals surface area contributed by atoms with E-state index >= 15 is 0 Å². The van der Waals surface area contributed by atoms with Crippen molar-refractivity contribution in [2.75, 3.05) is 32.9 Å². The van der Waals surface area contributed by atoms with Crippen LogP contribution in [0.5, 0.6) is 0 Å². The minimum Gasteiger partial charge on any atom is -0.387 e. The van der Waals surface area contributed by atoms with Gasteiger partial charge in [0.25, 0.3) is 0 Å². The third kappa shape index (κ3) is 7.72. The van der Waals surface area contributed by atoms with Crippen molar-refractivity contribution >= 4 is 10.0 Å². The van der Waals surface area contributed by atoms with Crippen LogP contribution in [-0.2, 0) is 10.0 Å². The highest BCUT2D eigenvalue weighted by molar-refractivity contribution is 7.89. The molecule has 0 aliphatic rings. The van der Waals surface area contributed by atoms with Crippen LogP contribution in [0.4, 0.5) is 0 Å². The topological polar surface area (TPSA) is 69.6 Å². The highest BCUT2D eigenvalue weighted by Gasteiger charge is 2.23. The van der Waals surface area contributed by atoms with E-state index in [1.807, 2.05) is 19.0 Å². The highest BCUT2D eigenvalue weighted by atomic mass is 32.2. The zero-order chi connectivity index (χ0) is 12.1. The maximum Gasteiger partial charge on any atom is 0.211 e. The predicted molar refractivity (Wildman–Crippen MR) is 61.3 cm³/mol. The lowest BCUT2D eigenvalue weighted by molar-refractivity contribution is 0.0386. The van der Waals surface area contributed by atoms with Crippen LogP contribution in [-0.4, -0.2) is 57.0 Å². The fourth-order valence-electron chi connectivity index (χ4n) is 1.34. The Morgan fingerprint density at radius 2 is 1.93 bits per heavy atom. The maximum absolute atomic E-state index is 11.3. The molecule has 0 radical (unpaired) electrons. The Hall–Kier alpha value is -0.170. The first kappa shape index (κ1) is 14.8. The van der Waals surface area contributed by atoms with Crippen LogP contribution >= 0.6 is 0 Å². The van der Waals surface area contributed by atoms with Gasteiger partial charge in [-0.2, -0.15) is 0 Å². The molecule has 0 spiro atoms. The molecule has 0 aliphatic heterocycles. The zero-order valence-corrected chi connectivity index (χ0v) is 10.8. The average Bonchev–Trinajstić information content (AvgIpc) is 1.99. The number of rotatable bonds is 7. The van der Waals surface area contributed by atoms with Crippen molar-refractivity contribution < 1.29 is 13.5 Å². The van der Waals surface area contributed by atoms with Crippen molar-refractivity contribution in [1.29, 1.82) is 0 Å². The van der Waals surface area contributed by atoms with E-state index in [0.717, 1.165) is 0 Å². The first-order valence-electron chi connectivity index (χ1n) is 5.03. The first-order valence-corrected chi connectivity index (χ1v) is 6.68. The summed E-state index contributed by atoms with van der Waals surface area (Å²) >= 11 is 0. The molecule has 1 atom stereocenters. The lowest BCUT2D eigenvalue weighted by atomic mass is 10.1. The van der Waals surface area contributed by atoms with E-state index in [4.69, 9.17) is 0 Å². The SMILES string of the molecule is CCCS(=O)(=O)NCC(C)(O)CN(C)C. The lowest BCUT2D eigenvalue weighted by Gasteiger charge is -2.26. The van der Waals surface area contributed by atoms with Crippen molar-refractivity contribution in [3.8, 4) is 0 Å². The Kier molecular flexibility index (Phi) is 5.72. The molecule has 0 fully saturated rings. The molecule has 92 valence electrons. The van der Waals surface area contributed by atoms with Gasteiger partial charge >= 0.3 is 0 Å². The number of sulfonamides is 1. The van der Waals surface area contributed by atoms with Crippen LogP contribution in [0.1, 0.15) is 20.3 Å². The summed E-state index contributed by atoms with van der Waals surface area (Å²) in [4.78, 5) is 1.81. The summed E-state index contributed by atoms with van der Waals surface area (Å²) in [5.74, 6) is 0.102. The van der Waals surface area contributed by atoms with Gasteiger partial charge in [-0.15, -0.1) is 0 Å². The highest BCUT2D eigenvalue weighted by Crippen LogP contribution is 2.03. The van der Waals surface area contributed by atoms with Crippen LogP contribution in [0.3, 0.4) is 0 Å². The largest absolute Gasteiger partial charge is 0.387 e. The van der Waals surface area contributed by atoms with Gasteiger partial charge < -0.3 is 10.0 Å². The summed E-state index contributed by atoms with van der Waals surface area (Å²) in [6.07, 6.45) is 0.575. The minimum atomic E-state index is -3.23. The Morgan fingerprint density at radius 1 is 1.40 bits per heavy atom.